The molecule has 1 N–H and O–H groups in total. The van der Waals surface area contributed by atoms with E-state index in [1.807, 2.05) is 6.07 Å². The van der Waals surface area contributed by atoms with E-state index in [2.05, 4.69) is 14.7 Å². The van der Waals surface area contributed by atoms with Crippen LogP contribution in [-0.2, 0) is 12.8 Å². The summed E-state index contributed by atoms with van der Waals surface area (Å²) in [4.78, 5) is 22.0. The number of nitrogens with zero attached hydrogens (tertiary/aromatic N) is 3. The monoisotopic (exact) mass is 407 g/mol. The predicted molar refractivity (Wildman–Crippen MR) is 96.5 cm³/mol. The van der Waals surface area contributed by atoms with Crippen molar-refractivity contribution in [1.29, 1.82) is 0 Å². The van der Waals surface area contributed by atoms with Crippen LogP contribution in [0.2, 0.25) is 0 Å². The van der Waals surface area contributed by atoms with Crippen molar-refractivity contribution in [2.75, 3.05) is 13.1 Å². The number of amides is 1. The molecule has 6 nitrogen and oxygen atoms in total. The predicted octanol–water partition coefficient (Wildman–Crippen LogP) is 2.85. The quantitative estimate of drug-likeness (QED) is 0.797. The maximum absolute atomic E-state index is 12.6. The van der Waals surface area contributed by atoms with Crippen LogP contribution < -0.4 is 4.74 Å². The number of carbonyl (C=O) groups is 1. The number of halogens is 3. The first kappa shape index (κ1) is 19.6. The molecular formula is C20H20F3N3O3. The van der Waals surface area contributed by atoms with E-state index in [-0.39, 0.29) is 11.7 Å². The number of aromatic nitrogens is 2. The van der Waals surface area contributed by atoms with Gasteiger partial charge in [0.2, 0.25) is 0 Å². The fraction of sp³-hybridized carbons (Fsp3) is 0.450. The molecule has 1 aromatic heterocycles. The number of aliphatic hydroxyl groups is 1. The van der Waals surface area contributed by atoms with Gasteiger partial charge < -0.3 is 14.7 Å². The molecule has 1 amide bonds. The van der Waals surface area contributed by atoms with Gasteiger partial charge >= 0.3 is 6.36 Å². The number of rotatable bonds is 6. The summed E-state index contributed by atoms with van der Waals surface area (Å²) in [6, 6.07) is 4.76. The summed E-state index contributed by atoms with van der Waals surface area (Å²) >= 11 is 0. The first-order chi connectivity index (χ1) is 13.8. The summed E-state index contributed by atoms with van der Waals surface area (Å²) in [7, 11) is 0. The van der Waals surface area contributed by atoms with Crippen LogP contribution in [0.25, 0.3) is 0 Å². The van der Waals surface area contributed by atoms with Crippen molar-refractivity contribution >= 4 is 5.91 Å². The highest BCUT2D eigenvalue weighted by molar-refractivity contribution is 5.94. The third kappa shape index (κ3) is 5.03. The average molecular weight is 407 g/mol. The standard InChI is InChI=1S/C20H20F3N3O3/c21-20(22,23)29-17-6-12(5-14(7-17)13-2-3-13)1-4-18-24-8-15(9-25-18)19(28)26-10-16(27)11-26/h5-9,13,16,27H,1-4,10-11H2. The van der Waals surface area contributed by atoms with Gasteiger partial charge in [0.1, 0.15) is 11.6 Å². The first-order valence-electron chi connectivity index (χ1n) is 9.45. The number of alkyl halides is 3. The second-order valence-electron chi connectivity index (χ2n) is 7.48. The molecule has 1 saturated heterocycles. The maximum atomic E-state index is 12.6. The Kier molecular flexibility index (Phi) is 5.16. The lowest BCUT2D eigenvalue weighted by Gasteiger charge is -2.35. The third-order valence-electron chi connectivity index (χ3n) is 5.01. The Balaban J connectivity index is 1.41. The van der Waals surface area contributed by atoms with E-state index < -0.39 is 12.5 Å². The van der Waals surface area contributed by atoms with Gasteiger partial charge in [-0.3, -0.25) is 4.79 Å². The van der Waals surface area contributed by atoms with Gasteiger partial charge in [0, 0.05) is 31.9 Å². The zero-order chi connectivity index (χ0) is 20.6. The fourth-order valence-corrected chi connectivity index (χ4v) is 3.33. The summed E-state index contributed by atoms with van der Waals surface area (Å²) in [5, 5.41) is 9.28. The van der Waals surface area contributed by atoms with Crippen molar-refractivity contribution < 1.29 is 27.8 Å². The minimum Gasteiger partial charge on any atom is -0.406 e. The van der Waals surface area contributed by atoms with Crippen molar-refractivity contribution in [1.82, 2.24) is 14.9 Å². The molecule has 0 bridgehead atoms. The third-order valence-corrected chi connectivity index (χ3v) is 5.01. The Labute approximate surface area is 165 Å². The van der Waals surface area contributed by atoms with Crippen molar-refractivity contribution in [3.8, 4) is 5.75 Å². The molecule has 0 atom stereocenters. The molecule has 2 heterocycles. The van der Waals surface area contributed by atoms with Crippen molar-refractivity contribution in [3.05, 3.63) is 53.1 Å². The molecule has 1 saturated carbocycles. The molecule has 4 rings (SSSR count). The highest BCUT2D eigenvalue weighted by atomic mass is 19.4. The zero-order valence-corrected chi connectivity index (χ0v) is 15.5. The number of aliphatic hydroxyl groups excluding tert-OH is 1. The number of aryl methyl sites for hydroxylation is 2. The summed E-state index contributed by atoms with van der Waals surface area (Å²) in [6.07, 6.45) is 0.511. The van der Waals surface area contributed by atoms with Gasteiger partial charge in [0.05, 0.1) is 11.7 Å². The molecule has 0 spiro atoms. The summed E-state index contributed by atoms with van der Waals surface area (Å²) in [5.74, 6) is 0.371. The lowest BCUT2D eigenvalue weighted by Crippen LogP contribution is -2.53. The first-order valence-corrected chi connectivity index (χ1v) is 9.45. The van der Waals surface area contributed by atoms with Crippen LogP contribution in [-0.4, -0.2) is 51.4 Å². The van der Waals surface area contributed by atoms with E-state index in [0.717, 1.165) is 24.0 Å². The Bertz CT molecular complexity index is 892. The molecule has 0 radical (unpaired) electrons. The number of β-amino-alcohol motifs (C(OH)–C–C–N with tert-alkyl or cyclic N) is 1. The molecule has 1 aliphatic carbocycles. The Morgan fingerprint density at radius 2 is 1.83 bits per heavy atom. The molecule has 2 fully saturated rings. The minimum absolute atomic E-state index is 0.199. The SMILES string of the molecule is O=C(c1cnc(CCc2cc(OC(F)(F)F)cc(C3CC3)c2)nc1)N1CC(O)C1. The smallest absolute Gasteiger partial charge is 0.406 e. The molecule has 2 aromatic rings. The number of benzene rings is 1. The number of ether oxygens (including phenoxy) is 1. The Morgan fingerprint density at radius 1 is 1.14 bits per heavy atom. The molecule has 2 aliphatic rings. The van der Waals surface area contributed by atoms with Crippen LogP contribution in [0.3, 0.4) is 0 Å². The summed E-state index contributed by atoms with van der Waals surface area (Å²) < 4.78 is 41.9. The van der Waals surface area contributed by atoms with E-state index in [9.17, 15) is 23.1 Å². The summed E-state index contributed by atoms with van der Waals surface area (Å²) in [5.41, 5.74) is 1.93. The van der Waals surface area contributed by atoms with Crippen LogP contribution >= 0.6 is 0 Å². The van der Waals surface area contributed by atoms with Gasteiger partial charge in [-0.15, -0.1) is 13.2 Å². The van der Waals surface area contributed by atoms with E-state index in [1.54, 1.807) is 0 Å². The van der Waals surface area contributed by atoms with E-state index in [4.69, 9.17) is 0 Å². The molecule has 0 unspecified atom stereocenters. The van der Waals surface area contributed by atoms with E-state index in [0.29, 0.717) is 43.2 Å². The topological polar surface area (TPSA) is 75.5 Å². The second-order valence-corrected chi connectivity index (χ2v) is 7.48. The van der Waals surface area contributed by atoms with Crippen molar-refractivity contribution in [3.63, 3.8) is 0 Å². The molecule has 1 aromatic carbocycles. The number of hydrogen-bond donors (Lipinski definition) is 1. The molecule has 29 heavy (non-hydrogen) atoms. The Morgan fingerprint density at radius 3 is 2.41 bits per heavy atom. The molecular weight excluding hydrogens is 387 g/mol. The lowest BCUT2D eigenvalue weighted by atomic mass is 10.0. The Hall–Kier alpha value is -2.68. The largest absolute Gasteiger partial charge is 0.573 e. The second kappa shape index (κ2) is 7.62. The van der Waals surface area contributed by atoms with Crippen molar-refractivity contribution in [2.45, 2.75) is 44.1 Å². The van der Waals surface area contributed by atoms with Crippen LogP contribution in [0.4, 0.5) is 13.2 Å². The van der Waals surface area contributed by atoms with Gasteiger partial charge in [-0.25, -0.2) is 9.97 Å². The van der Waals surface area contributed by atoms with Gasteiger partial charge in [0.25, 0.3) is 5.91 Å². The number of hydrogen-bond acceptors (Lipinski definition) is 5. The molecule has 1 aliphatic heterocycles. The van der Waals surface area contributed by atoms with Crippen molar-refractivity contribution in [2.24, 2.45) is 0 Å². The molecule has 9 heteroatoms. The van der Waals surface area contributed by atoms with E-state index in [1.165, 1.54) is 29.4 Å². The van der Waals surface area contributed by atoms with E-state index >= 15 is 0 Å². The van der Waals surface area contributed by atoms with Crippen LogP contribution in [0.15, 0.2) is 30.6 Å². The molecule has 154 valence electrons. The number of carbonyl (C=O) groups excluding carboxylic acids is 1. The normalized spacial score (nSPS) is 17.2. The van der Waals surface area contributed by atoms with Gasteiger partial charge in [-0.2, -0.15) is 0 Å². The van der Waals surface area contributed by atoms with Crippen LogP contribution in [0.5, 0.6) is 5.75 Å². The highest BCUT2D eigenvalue weighted by Crippen LogP contribution is 2.42. The minimum atomic E-state index is -4.72. The maximum Gasteiger partial charge on any atom is 0.573 e. The van der Waals surface area contributed by atoms with Crippen LogP contribution in [0.1, 0.15) is 46.1 Å². The lowest BCUT2D eigenvalue weighted by molar-refractivity contribution is -0.274. The zero-order valence-electron chi connectivity index (χ0n) is 15.5. The summed E-state index contributed by atoms with van der Waals surface area (Å²) in [6.45, 7) is 0.612. The highest BCUT2D eigenvalue weighted by Gasteiger charge is 2.32. The fourth-order valence-electron chi connectivity index (χ4n) is 3.33. The van der Waals surface area contributed by atoms with Crippen LogP contribution in [0, 0.1) is 0 Å². The van der Waals surface area contributed by atoms with Gasteiger partial charge in [0.15, 0.2) is 0 Å². The number of likely N-dealkylation sites (tertiary alicyclic amines) is 1. The van der Waals surface area contributed by atoms with Gasteiger partial charge in [-0.05, 0) is 48.4 Å². The van der Waals surface area contributed by atoms with Gasteiger partial charge in [-0.1, -0.05) is 6.07 Å². The average Bonchev–Trinajstić information content (AvgIpc) is 3.47.